The van der Waals surface area contributed by atoms with Crippen molar-refractivity contribution in [2.24, 2.45) is 11.5 Å². The van der Waals surface area contributed by atoms with Gasteiger partial charge in [-0.15, -0.1) is 0 Å². The Bertz CT molecular complexity index is 224. The number of unbranched alkanes of at least 4 members (excludes halogenated alkanes) is 1. The van der Waals surface area contributed by atoms with Gasteiger partial charge in [0.2, 0.25) is 11.8 Å². The van der Waals surface area contributed by atoms with E-state index in [2.05, 4.69) is 5.32 Å². The Labute approximate surface area is 101 Å². The second kappa shape index (κ2) is 9.47. The van der Waals surface area contributed by atoms with E-state index in [1.807, 2.05) is 6.26 Å². The molecule has 94 valence electrons. The second-order valence-corrected chi connectivity index (χ2v) is 4.59. The van der Waals surface area contributed by atoms with E-state index in [0.29, 0.717) is 25.8 Å². The van der Waals surface area contributed by atoms with Gasteiger partial charge in [0.25, 0.3) is 0 Å². The van der Waals surface area contributed by atoms with Gasteiger partial charge in [-0.2, -0.15) is 11.8 Å². The van der Waals surface area contributed by atoms with Crippen LogP contribution in [0, 0.1) is 0 Å². The predicted molar refractivity (Wildman–Crippen MR) is 67.0 cm³/mol. The molecule has 2 amide bonds. The summed E-state index contributed by atoms with van der Waals surface area (Å²) in [4.78, 5) is 21.8. The molecule has 16 heavy (non-hydrogen) atoms. The summed E-state index contributed by atoms with van der Waals surface area (Å²) >= 11 is 1.67. The lowest BCUT2D eigenvalue weighted by molar-refractivity contribution is -0.122. The van der Waals surface area contributed by atoms with Crippen molar-refractivity contribution in [2.45, 2.75) is 31.7 Å². The van der Waals surface area contributed by atoms with Gasteiger partial charge in [-0.3, -0.25) is 9.59 Å². The third kappa shape index (κ3) is 8.55. The standard InChI is InChI=1S/C10H21N3O2S/c1-16-7-5-8(11)10(15)13-6-3-2-4-9(12)14/h8H,2-7,11H2,1H3,(H2,12,14)(H,13,15)/t8-/m1/s1. The predicted octanol–water partition coefficient (Wildman–Crippen LogP) is -0.161. The highest BCUT2D eigenvalue weighted by atomic mass is 32.2. The maximum atomic E-state index is 11.4. The normalized spacial score (nSPS) is 12.1. The summed E-state index contributed by atoms with van der Waals surface area (Å²) < 4.78 is 0. The first-order valence-electron chi connectivity index (χ1n) is 5.38. The number of primary amides is 1. The number of rotatable bonds is 9. The second-order valence-electron chi connectivity index (χ2n) is 3.60. The number of hydrogen-bond acceptors (Lipinski definition) is 4. The minimum absolute atomic E-state index is 0.117. The summed E-state index contributed by atoms with van der Waals surface area (Å²) in [6.07, 6.45) is 4.50. The Hall–Kier alpha value is -0.750. The van der Waals surface area contributed by atoms with Gasteiger partial charge in [-0.05, 0) is 31.3 Å². The minimum atomic E-state index is -0.427. The first-order chi connectivity index (χ1) is 7.57. The molecular formula is C10H21N3O2S. The maximum absolute atomic E-state index is 11.4. The number of amides is 2. The average Bonchev–Trinajstić information content (AvgIpc) is 2.24. The Balaban J connectivity index is 3.45. The highest BCUT2D eigenvalue weighted by Crippen LogP contribution is 1.99. The largest absolute Gasteiger partial charge is 0.370 e. The summed E-state index contributed by atoms with van der Waals surface area (Å²) in [5, 5.41) is 2.74. The zero-order chi connectivity index (χ0) is 12.4. The topological polar surface area (TPSA) is 98.2 Å². The van der Waals surface area contributed by atoms with Gasteiger partial charge in [0.05, 0.1) is 6.04 Å². The van der Waals surface area contributed by atoms with Crippen LogP contribution in [0.4, 0.5) is 0 Å². The lowest BCUT2D eigenvalue weighted by Gasteiger charge is -2.11. The Morgan fingerprint density at radius 3 is 2.62 bits per heavy atom. The molecule has 5 N–H and O–H groups in total. The van der Waals surface area contributed by atoms with Crippen LogP contribution < -0.4 is 16.8 Å². The number of nitrogens with one attached hydrogen (secondary N) is 1. The minimum Gasteiger partial charge on any atom is -0.370 e. The molecule has 0 aliphatic carbocycles. The molecule has 0 aromatic carbocycles. The molecule has 0 bridgehead atoms. The first kappa shape index (κ1) is 15.2. The lowest BCUT2D eigenvalue weighted by atomic mass is 10.2. The molecule has 0 aliphatic rings. The highest BCUT2D eigenvalue weighted by Gasteiger charge is 2.11. The Morgan fingerprint density at radius 2 is 2.06 bits per heavy atom. The van der Waals surface area contributed by atoms with Crippen LogP contribution in [0.2, 0.25) is 0 Å². The van der Waals surface area contributed by atoms with Gasteiger partial charge in [-0.1, -0.05) is 0 Å². The summed E-state index contributed by atoms with van der Waals surface area (Å²) in [6, 6.07) is -0.427. The quantitative estimate of drug-likeness (QED) is 0.493. The van der Waals surface area contributed by atoms with Crippen LogP contribution in [0.3, 0.4) is 0 Å². The van der Waals surface area contributed by atoms with Gasteiger partial charge in [0.1, 0.15) is 0 Å². The van der Waals surface area contributed by atoms with Gasteiger partial charge in [0, 0.05) is 13.0 Å². The van der Waals surface area contributed by atoms with E-state index in [1.54, 1.807) is 11.8 Å². The van der Waals surface area contributed by atoms with E-state index in [4.69, 9.17) is 11.5 Å². The van der Waals surface area contributed by atoms with Crippen molar-refractivity contribution in [1.82, 2.24) is 5.32 Å². The van der Waals surface area contributed by atoms with Gasteiger partial charge in [0.15, 0.2) is 0 Å². The summed E-state index contributed by atoms with van der Waals surface area (Å²) in [5.41, 5.74) is 10.7. The molecule has 0 heterocycles. The highest BCUT2D eigenvalue weighted by molar-refractivity contribution is 7.98. The third-order valence-corrected chi connectivity index (χ3v) is 2.76. The number of nitrogens with two attached hydrogens (primary N) is 2. The van der Waals surface area contributed by atoms with Crippen LogP contribution in [0.1, 0.15) is 25.7 Å². The number of carbonyl (C=O) groups excluding carboxylic acids is 2. The number of thioether (sulfide) groups is 1. The van der Waals surface area contributed by atoms with Crippen molar-refractivity contribution in [3.63, 3.8) is 0 Å². The molecule has 0 aromatic heterocycles. The Kier molecular flexibility index (Phi) is 9.03. The molecule has 0 saturated carbocycles. The van der Waals surface area contributed by atoms with Crippen LogP contribution in [-0.2, 0) is 9.59 Å². The van der Waals surface area contributed by atoms with Gasteiger partial charge >= 0.3 is 0 Å². The third-order valence-electron chi connectivity index (χ3n) is 2.12. The smallest absolute Gasteiger partial charge is 0.236 e. The van der Waals surface area contributed by atoms with Crippen molar-refractivity contribution in [1.29, 1.82) is 0 Å². The fourth-order valence-corrected chi connectivity index (χ4v) is 1.63. The van der Waals surface area contributed by atoms with Gasteiger partial charge < -0.3 is 16.8 Å². The molecule has 0 aliphatic heterocycles. The van der Waals surface area contributed by atoms with E-state index >= 15 is 0 Å². The fraction of sp³-hybridized carbons (Fsp3) is 0.800. The molecule has 0 spiro atoms. The lowest BCUT2D eigenvalue weighted by Crippen LogP contribution is -2.41. The van der Waals surface area contributed by atoms with Crippen LogP contribution in [0.25, 0.3) is 0 Å². The van der Waals surface area contributed by atoms with E-state index in [9.17, 15) is 9.59 Å². The van der Waals surface area contributed by atoms with Crippen molar-refractivity contribution in [3.05, 3.63) is 0 Å². The molecule has 0 aromatic rings. The first-order valence-corrected chi connectivity index (χ1v) is 6.78. The Morgan fingerprint density at radius 1 is 1.38 bits per heavy atom. The van der Waals surface area contributed by atoms with Crippen molar-refractivity contribution in [2.75, 3.05) is 18.6 Å². The van der Waals surface area contributed by atoms with Crippen molar-refractivity contribution in [3.8, 4) is 0 Å². The molecule has 0 radical (unpaired) electrons. The molecule has 0 unspecified atom stereocenters. The zero-order valence-corrected chi connectivity index (χ0v) is 10.5. The van der Waals surface area contributed by atoms with E-state index < -0.39 is 6.04 Å². The van der Waals surface area contributed by atoms with Crippen molar-refractivity contribution < 1.29 is 9.59 Å². The van der Waals surface area contributed by atoms with Crippen molar-refractivity contribution >= 4 is 23.6 Å². The van der Waals surface area contributed by atoms with Crippen LogP contribution in [0.15, 0.2) is 0 Å². The van der Waals surface area contributed by atoms with E-state index in [0.717, 1.165) is 12.2 Å². The van der Waals surface area contributed by atoms with E-state index in [1.165, 1.54) is 0 Å². The van der Waals surface area contributed by atoms with E-state index in [-0.39, 0.29) is 11.8 Å². The molecule has 0 rings (SSSR count). The summed E-state index contributed by atoms with van der Waals surface area (Å²) in [6.45, 7) is 0.555. The molecule has 1 atom stereocenters. The van der Waals surface area contributed by atoms with Gasteiger partial charge in [-0.25, -0.2) is 0 Å². The van der Waals surface area contributed by atoms with Crippen LogP contribution in [0.5, 0.6) is 0 Å². The molecule has 0 fully saturated rings. The molecular weight excluding hydrogens is 226 g/mol. The van der Waals surface area contributed by atoms with Crippen LogP contribution >= 0.6 is 11.8 Å². The SMILES string of the molecule is CSCC[C@@H](N)C(=O)NCCCCC(N)=O. The summed E-state index contributed by atoms with van der Waals surface area (Å²) in [7, 11) is 0. The maximum Gasteiger partial charge on any atom is 0.236 e. The molecule has 6 heteroatoms. The van der Waals surface area contributed by atoms with Crippen LogP contribution in [-0.4, -0.2) is 36.4 Å². The monoisotopic (exact) mass is 247 g/mol. The zero-order valence-electron chi connectivity index (χ0n) is 9.70. The number of hydrogen-bond donors (Lipinski definition) is 3. The average molecular weight is 247 g/mol. The number of carbonyl (C=O) groups is 2. The summed E-state index contributed by atoms with van der Waals surface area (Å²) in [5.74, 6) is 0.465. The fourth-order valence-electron chi connectivity index (χ4n) is 1.14. The molecule has 5 nitrogen and oxygen atoms in total. The molecule has 0 saturated heterocycles.